The zero-order valence-corrected chi connectivity index (χ0v) is 12.3. The summed E-state index contributed by atoms with van der Waals surface area (Å²) in [6.45, 7) is 3.22. The number of rotatable bonds is 4. The Hall–Kier alpha value is -1.72. The molecule has 1 saturated heterocycles. The molecule has 2 heterocycles. The van der Waals surface area contributed by atoms with Gasteiger partial charge >= 0.3 is 0 Å². The van der Waals surface area contributed by atoms with Gasteiger partial charge in [-0.05, 0) is 25.8 Å². The standard InChI is InChI=1S/C15H21FN4O/c1-11-17-7-4-13(19-11)20-8-5-15(16,6-9-20)10-18-14(21)12-2-3-12/h4,7,12H,2-3,5-6,8-10H2,1H3,(H,18,21). The first-order valence-corrected chi connectivity index (χ1v) is 7.57. The van der Waals surface area contributed by atoms with Crippen molar-refractivity contribution in [1.82, 2.24) is 15.3 Å². The Bertz CT molecular complexity index is 524. The lowest BCUT2D eigenvalue weighted by Gasteiger charge is -2.37. The van der Waals surface area contributed by atoms with Crippen molar-refractivity contribution in [2.24, 2.45) is 5.92 Å². The van der Waals surface area contributed by atoms with Crippen molar-refractivity contribution in [2.75, 3.05) is 24.5 Å². The summed E-state index contributed by atoms with van der Waals surface area (Å²) >= 11 is 0. The van der Waals surface area contributed by atoms with Gasteiger partial charge in [0.05, 0.1) is 6.54 Å². The first-order chi connectivity index (χ1) is 10.1. The Balaban J connectivity index is 1.52. The van der Waals surface area contributed by atoms with Gasteiger partial charge in [-0.1, -0.05) is 0 Å². The number of amides is 1. The highest BCUT2D eigenvalue weighted by Crippen LogP contribution is 2.31. The van der Waals surface area contributed by atoms with Gasteiger partial charge in [-0.3, -0.25) is 4.79 Å². The van der Waals surface area contributed by atoms with Crippen LogP contribution in [0.15, 0.2) is 12.3 Å². The molecule has 1 aliphatic heterocycles. The highest BCUT2D eigenvalue weighted by molar-refractivity contribution is 5.80. The maximum atomic E-state index is 14.7. The molecule has 0 spiro atoms. The zero-order chi connectivity index (χ0) is 14.9. The van der Waals surface area contributed by atoms with Crippen molar-refractivity contribution < 1.29 is 9.18 Å². The Morgan fingerprint density at radius 3 is 2.81 bits per heavy atom. The lowest BCUT2D eigenvalue weighted by atomic mass is 9.93. The van der Waals surface area contributed by atoms with Crippen LogP contribution >= 0.6 is 0 Å². The van der Waals surface area contributed by atoms with Crippen molar-refractivity contribution in [3.05, 3.63) is 18.1 Å². The van der Waals surface area contributed by atoms with Crippen LogP contribution in [-0.2, 0) is 4.79 Å². The lowest BCUT2D eigenvalue weighted by Crippen LogP contribution is -2.48. The summed E-state index contributed by atoms with van der Waals surface area (Å²) in [7, 11) is 0. The van der Waals surface area contributed by atoms with E-state index < -0.39 is 5.67 Å². The molecule has 0 aromatic carbocycles. The van der Waals surface area contributed by atoms with Crippen LogP contribution in [0.2, 0.25) is 0 Å². The van der Waals surface area contributed by atoms with E-state index in [1.54, 1.807) is 6.20 Å². The Labute approximate surface area is 124 Å². The molecule has 0 atom stereocenters. The minimum atomic E-state index is -1.29. The summed E-state index contributed by atoms with van der Waals surface area (Å²) in [6.07, 6.45) is 4.46. The van der Waals surface area contributed by atoms with E-state index in [2.05, 4.69) is 20.2 Å². The molecule has 6 heteroatoms. The molecule has 1 aliphatic carbocycles. The predicted molar refractivity (Wildman–Crippen MR) is 77.8 cm³/mol. The van der Waals surface area contributed by atoms with Gasteiger partial charge in [0, 0.05) is 38.0 Å². The number of piperidine rings is 1. The largest absolute Gasteiger partial charge is 0.356 e. The zero-order valence-electron chi connectivity index (χ0n) is 12.3. The van der Waals surface area contributed by atoms with E-state index in [1.807, 2.05) is 13.0 Å². The summed E-state index contributed by atoms with van der Waals surface area (Å²) in [5.74, 6) is 1.73. The second-order valence-electron chi connectivity index (χ2n) is 6.09. The summed E-state index contributed by atoms with van der Waals surface area (Å²) in [4.78, 5) is 22.1. The van der Waals surface area contributed by atoms with Gasteiger partial charge in [0.25, 0.3) is 0 Å². The fraction of sp³-hybridized carbons (Fsp3) is 0.667. The molecule has 0 unspecified atom stereocenters. The fourth-order valence-corrected chi connectivity index (χ4v) is 2.67. The van der Waals surface area contributed by atoms with E-state index in [0.29, 0.717) is 25.9 Å². The third-order valence-electron chi connectivity index (χ3n) is 4.27. The van der Waals surface area contributed by atoms with E-state index in [-0.39, 0.29) is 18.4 Å². The molecule has 2 fully saturated rings. The quantitative estimate of drug-likeness (QED) is 0.916. The van der Waals surface area contributed by atoms with Crippen molar-refractivity contribution in [3.8, 4) is 0 Å². The van der Waals surface area contributed by atoms with E-state index in [0.717, 1.165) is 24.5 Å². The molecule has 0 bridgehead atoms. The molecule has 0 radical (unpaired) electrons. The number of nitrogens with zero attached hydrogens (tertiary/aromatic N) is 3. The van der Waals surface area contributed by atoms with Crippen LogP contribution in [0, 0.1) is 12.8 Å². The minimum Gasteiger partial charge on any atom is -0.356 e. The minimum absolute atomic E-state index is 0.0147. The molecule has 1 aromatic heterocycles. The number of aromatic nitrogens is 2. The molecule has 1 saturated carbocycles. The third-order valence-corrected chi connectivity index (χ3v) is 4.27. The topological polar surface area (TPSA) is 58.1 Å². The van der Waals surface area contributed by atoms with Gasteiger partial charge in [-0.15, -0.1) is 0 Å². The van der Waals surface area contributed by atoms with Gasteiger partial charge in [-0.2, -0.15) is 0 Å². The number of carbonyl (C=O) groups is 1. The number of anilines is 1. The molecular formula is C15H21FN4O. The third kappa shape index (κ3) is 3.49. The monoisotopic (exact) mass is 292 g/mol. The molecule has 1 aromatic rings. The molecule has 3 rings (SSSR count). The van der Waals surface area contributed by atoms with Crippen LogP contribution in [0.3, 0.4) is 0 Å². The average Bonchev–Trinajstić information content (AvgIpc) is 3.30. The number of alkyl halides is 1. The molecular weight excluding hydrogens is 271 g/mol. The first-order valence-electron chi connectivity index (χ1n) is 7.57. The average molecular weight is 292 g/mol. The molecule has 114 valence electrons. The van der Waals surface area contributed by atoms with Crippen LogP contribution < -0.4 is 10.2 Å². The maximum Gasteiger partial charge on any atom is 0.223 e. The molecule has 21 heavy (non-hydrogen) atoms. The smallest absolute Gasteiger partial charge is 0.223 e. The molecule has 5 nitrogen and oxygen atoms in total. The van der Waals surface area contributed by atoms with Gasteiger partial charge in [0.2, 0.25) is 5.91 Å². The van der Waals surface area contributed by atoms with Crippen LogP contribution in [0.25, 0.3) is 0 Å². The first kappa shape index (κ1) is 14.2. The van der Waals surface area contributed by atoms with Gasteiger partial charge in [0.1, 0.15) is 17.3 Å². The fourth-order valence-electron chi connectivity index (χ4n) is 2.67. The SMILES string of the molecule is Cc1nccc(N2CCC(F)(CNC(=O)C3CC3)CC2)n1. The summed E-state index contributed by atoms with van der Waals surface area (Å²) in [5, 5.41) is 2.76. The van der Waals surface area contributed by atoms with E-state index in [1.165, 1.54) is 0 Å². The van der Waals surface area contributed by atoms with E-state index >= 15 is 0 Å². The normalized spacial score (nSPS) is 21.1. The predicted octanol–water partition coefficient (Wildman–Crippen LogP) is 1.62. The summed E-state index contributed by atoms with van der Waals surface area (Å²) in [5.41, 5.74) is -1.29. The number of nitrogens with one attached hydrogen (secondary N) is 1. The molecule has 1 N–H and O–H groups in total. The Morgan fingerprint density at radius 1 is 1.48 bits per heavy atom. The van der Waals surface area contributed by atoms with Crippen molar-refractivity contribution in [2.45, 2.75) is 38.3 Å². The van der Waals surface area contributed by atoms with Crippen LogP contribution in [-0.4, -0.2) is 41.2 Å². The number of aryl methyl sites for hydroxylation is 1. The summed E-state index contributed by atoms with van der Waals surface area (Å²) < 4.78 is 14.7. The molecule has 1 amide bonds. The summed E-state index contributed by atoms with van der Waals surface area (Å²) in [6, 6.07) is 1.85. The van der Waals surface area contributed by atoms with Gasteiger partial charge in [-0.25, -0.2) is 14.4 Å². The van der Waals surface area contributed by atoms with Crippen molar-refractivity contribution in [1.29, 1.82) is 0 Å². The number of hydrogen-bond donors (Lipinski definition) is 1. The van der Waals surface area contributed by atoms with Gasteiger partial charge in [0.15, 0.2) is 0 Å². The highest BCUT2D eigenvalue weighted by Gasteiger charge is 2.37. The van der Waals surface area contributed by atoms with Crippen LogP contribution in [0.5, 0.6) is 0 Å². The number of carbonyl (C=O) groups excluding carboxylic acids is 1. The van der Waals surface area contributed by atoms with E-state index in [4.69, 9.17) is 0 Å². The Morgan fingerprint density at radius 2 is 2.19 bits per heavy atom. The number of halogens is 1. The number of hydrogen-bond acceptors (Lipinski definition) is 4. The molecule has 2 aliphatic rings. The maximum absolute atomic E-state index is 14.7. The lowest BCUT2D eigenvalue weighted by molar-refractivity contribution is -0.123. The van der Waals surface area contributed by atoms with Crippen LogP contribution in [0.4, 0.5) is 10.2 Å². The second kappa shape index (κ2) is 5.58. The van der Waals surface area contributed by atoms with E-state index in [9.17, 15) is 9.18 Å². The highest BCUT2D eigenvalue weighted by atomic mass is 19.1. The van der Waals surface area contributed by atoms with Crippen LogP contribution in [0.1, 0.15) is 31.5 Å². The van der Waals surface area contributed by atoms with Crippen molar-refractivity contribution in [3.63, 3.8) is 0 Å². The van der Waals surface area contributed by atoms with Gasteiger partial charge < -0.3 is 10.2 Å². The Kier molecular flexibility index (Phi) is 3.78. The van der Waals surface area contributed by atoms with Crippen molar-refractivity contribution >= 4 is 11.7 Å². The second-order valence-corrected chi connectivity index (χ2v) is 6.09.